The maximum Gasteiger partial charge on any atom is 0.262 e. The molecule has 2 rings (SSSR count). The number of rotatable bonds is 5. The fourth-order valence-corrected chi connectivity index (χ4v) is 2.86. The maximum absolute atomic E-state index is 12.0. The van der Waals surface area contributed by atoms with Crippen LogP contribution in [-0.4, -0.2) is 20.9 Å². The van der Waals surface area contributed by atoms with Crippen molar-refractivity contribution in [2.24, 2.45) is 5.14 Å². The molecule has 3 N–H and O–H groups in total. The second-order valence-electron chi connectivity index (χ2n) is 7.14. The fraction of sp³-hybridized carbons (Fsp3) is 0.316. The second-order valence-corrected chi connectivity index (χ2v) is 8.70. The molecule has 0 atom stereocenters. The van der Waals surface area contributed by atoms with Crippen LogP contribution in [0.3, 0.4) is 0 Å². The Labute approximate surface area is 154 Å². The van der Waals surface area contributed by atoms with Crippen molar-refractivity contribution in [2.45, 2.75) is 38.0 Å². The maximum atomic E-state index is 12.0. The van der Waals surface area contributed by atoms with Gasteiger partial charge in [-0.1, -0.05) is 32.9 Å². The number of carbonyl (C=O) groups is 1. The molecule has 0 bridgehead atoms. The summed E-state index contributed by atoms with van der Waals surface area (Å²) >= 11 is 0. The van der Waals surface area contributed by atoms with E-state index < -0.39 is 10.0 Å². The SMILES string of the molecule is Cc1cc(C(C)(C)C)ccc1OCC(=O)Nc1ccc(S(N)(=O)=O)cc1. The van der Waals surface area contributed by atoms with Gasteiger partial charge < -0.3 is 10.1 Å². The van der Waals surface area contributed by atoms with Crippen molar-refractivity contribution in [1.82, 2.24) is 0 Å². The number of nitrogens with two attached hydrogens (primary N) is 1. The van der Waals surface area contributed by atoms with E-state index in [1.54, 1.807) is 0 Å². The average Bonchev–Trinajstić information content (AvgIpc) is 2.52. The second kappa shape index (κ2) is 7.47. The first-order valence-electron chi connectivity index (χ1n) is 8.13. The van der Waals surface area contributed by atoms with E-state index in [9.17, 15) is 13.2 Å². The van der Waals surface area contributed by atoms with Crippen LogP contribution in [0.2, 0.25) is 0 Å². The molecule has 140 valence electrons. The Bertz CT molecular complexity index is 898. The highest BCUT2D eigenvalue weighted by Crippen LogP contribution is 2.27. The molecule has 6 nitrogen and oxygen atoms in total. The Morgan fingerprint density at radius 1 is 1.12 bits per heavy atom. The Morgan fingerprint density at radius 3 is 2.23 bits per heavy atom. The minimum atomic E-state index is -3.75. The zero-order valence-corrected chi connectivity index (χ0v) is 16.2. The van der Waals surface area contributed by atoms with Crippen LogP contribution < -0.4 is 15.2 Å². The highest BCUT2D eigenvalue weighted by molar-refractivity contribution is 7.89. The number of anilines is 1. The van der Waals surface area contributed by atoms with Gasteiger partial charge in [-0.2, -0.15) is 0 Å². The number of benzene rings is 2. The van der Waals surface area contributed by atoms with Crippen molar-refractivity contribution in [2.75, 3.05) is 11.9 Å². The molecule has 0 radical (unpaired) electrons. The summed E-state index contributed by atoms with van der Waals surface area (Å²) in [5.41, 5.74) is 2.67. The van der Waals surface area contributed by atoms with Crippen LogP contribution >= 0.6 is 0 Å². The van der Waals surface area contributed by atoms with E-state index >= 15 is 0 Å². The quantitative estimate of drug-likeness (QED) is 0.838. The number of primary sulfonamides is 1. The van der Waals surface area contributed by atoms with Gasteiger partial charge in [0.1, 0.15) is 5.75 Å². The first-order chi connectivity index (χ1) is 12.0. The zero-order valence-electron chi connectivity index (χ0n) is 15.4. The first-order valence-corrected chi connectivity index (χ1v) is 9.68. The Morgan fingerprint density at radius 2 is 1.73 bits per heavy atom. The summed E-state index contributed by atoms with van der Waals surface area (Å²) in [6, 6.07) is 11.5. The number of hydrogen-bond donors (Lipinski definition) is 2. The van der Waals surface area contributed by atoms with Crippen LogP contribution in [0.15, 0.2) is 47.4 Å². The molecule has 0 aromatic heterocycles. The third kappa shape index (κ3) is 5.31. The molecule has 2 aromatic rings. The van der Waals surface area contributed by atoms with Crippen LogP contribution in [0.4, 0.5) is 5.69 Å². The minimum Gasteiger partial charge on any atom is -0.483 e. The molecule has 0 aliphatic carbocycles. The van der Waals surface area contributed by atoms with Gasteiger partial charge in [0, 0.05) is 5.69 Å². The minimum absolute atomic E-state index is 0.0127. The van der Waals surface area contributed by atoms with Crippen LogP contribution in [0.5, 0.6) is 5.75 Å². The van der Waals surface area contributed by atoms with Crippen LogP contribution in [0, 0.1) is 6.92 Å². The lowest BCUT2D eigenvalue weighted by atomic mass is 9.86. The number of sulfonamides is 1. The van der Waals surface area contributed by atoms with E-state index in [0.29, 0.717) is 11.4 Å². The van der Waals surface area contributed by atoms with Gasteiger partial charge in [-0.25, -0.2) is 13.6 Å². The van der Waals surface area contributed by atoms with Crippen LogP contribution in [0.25, 0.3) is 0 Å². The lowest BCUT2D eigenvalue weighted by Gasteiger charge is -2.20. The topological polar surface area (TPSA) is 98.5 Å². The van der Waals surface area contributed by atoms with Gasteiger partial charge in [-0.05, 0) is 53.8 Å². The molecule has 0 heterocycles. The highest BCUT2D eigenvalue weighted by Gasteiger charge is 2.15. The molecular formula is C19H24N2O4S. The number of amides is 1. The fourth-order valence-electron chi connectivity index (χ4n) is 2.35. The summed E-state index contributed by atoms with van der Waals surface area (Å²) in [6.07, 6.45) is 0. The summed E-state index contributed by atoms with van der Waals surface area (Å²) in [5, 5.41) is 7.68. The monoisotopic (exact) mass is 376 g/mol. The molecule has 2 aromatic carbocycles. The Hall–Kier alpha value is -2.38. The summed E-state index contributed by atoms with van der Waals surface area (Å²) in [6.45, 7) is 8.20. The van der Waals surface area contributed by atoms with Crippen molar-refractivity contribution in [1.29, 1.82) is 0 Å². The zero-order chi connectivity index (χ0) is 19.5. The lowest BCUT2D eigenvalue weighted by molar-refractivity contribution is -0.118. The summed E-state index contributed by atoms with van der Waals surface area (Å²) < 4.78 is 28.0. The number of carbonyl (C=O) groups excluding carboxylic acids is 1. The molecular weight excluding hydrogens is 352 g/mol. The first kappa shape index (κ1) is 19.9. The van der Waals surface area contributed by atoms with Gasteiger partial charge >= 0.3 is 0 Å². The smallest absolute Gasteiger partial charge is 0.262 e. The Kier molecular flexibility index (Phi) is 5.73. The summed E-state index contributed by atoms with van der Waals surface area (Å²) in [4.78, 5) is 12.0. The normalized spacial score (nSPS) is 11.9. The van der Waals surface area contributed by atoms with E-state index in [4.69, 9.17) is 9.88 Å². The molecule has 0 aliphatic heterocycles. The highest BCUT2D eigenvalue weighted by atomic mass is 32.2. The van der Waals surface area contributed by atoms with Gasteiger partial charge in [0.25, 0.3) is 5.91 Å². The average molecular weight is 376 g/mol. The molecule has 7 heteroatoms. The van der Waals surface area contributed by atoms with E-state index in [1.807, 2.05) is 19.1 Å². The molecule has 0 aliphatic rings. The largest absolute Gasteiger partial charge is 0.483 e. The van der Waals surface area contributed by atoms with E-state index in [2.05, 4.69) is 32.2 Å². The van der Waals surface area contributed by atoms with Gasteiger partial charge in [0.15, 0.2) is 6.61 Å². The van der Waals surface area contributed by atoms with E-state index in [1.165, 1.54) is 29.8 Å². The van der Waals surface area contributed by atoms with Crippen LogP contribution in [0.1, 0.15) is 31.9 Å². The predicted octanol–water partition coefficient (Wildman–Crippen LogP) is 2.96. The third-order valence-corrected chi connectivity index (χ3v) is 4.80. The number of hydrogen-bond acceptors (Lipinski definition) is 4. The number of nitrogens with one attached hydrogen (secondary N) is 1. The van der Waals surface area contributed by atoms with Gasteiger partial charge in [-0.3, -0.25) is 4.79 Å². The van der Waals surface area contributed by atoms with Crippen LogP contribution in [-0.2, 0) is 20.2 Å². The standard InChI is InChI=1S/C19H24N2O4S/c1-13-11-14(19(2,3)4)5-10-17(13)25-12-18(22)21-15-6-8-16(9-7-15)26(20,23)24/h5-11H,12H2,1-4H3,(H,21,22)(H2,20,23,24). The van der Waals surface area contributed by atoms with Crippen molar-refractivity contribution < 1.29 is 17.9 Å². The van der Waals surface area contributed by atoms with Gasteiger partial charge in [-0.15, -0.1) is 0 Å². The lowest BCUT2D eigenvalue weighted by Crippen LogP contribution is -2.20. The van der Waals surface area contributed by atoms with Crippen molar-refractivity contribution >= 4 is 21.6 Å². The van der Waals surface area contributed by atoms with Crippen molar-refractivity contribution in [3.63, 3.8) is 0 Å². The number of aryl methyl sites for hydroxylation is 1. The van der Waals surface area contributed by atoms with E-state index in [-0.39, 0.29) is 22.8 Å². The molecule has 26 heavy (non-hydrogen) atoms. The molecule has 0 saturated heterocycles. The summed E-state index contributed by atoms with van der Waals surface area (Å²) in [5.74, 6) is 0.311. The predicted molar refractivity (Wildman–Crippen MR) is 102 cm³/mol. The molecule has 0 saturated carbocycles. The van der Waals surface area contributed by atoms with Crippen molar-refractivity contribution in [3.8, 4) is 5.75 Å². The molecule has 0 fully saturated rings. The van der Waals surface area contributed by atoms with E-state index in [0.717, 1.165) is 5.56 Å². The molecule has 0 spiro atoms. The Balaban J connectivity index is 1.97. The van der Waals surface area contributed by atoms with Crippen molar-refractivity contribution in [3.05, 3.63) is 53.6 Å². The molecule has 1 amide bonds. The van der Waals surface area contributed by atoms with Gasteiger partial charge in [0.2, 0.25) is 10.0 Å². The third-order valence-electron chi connectivity index (χ3n) is 3.87. The summed E-state index contributed by atoms with van der Waals surface area (Å²) in [7, 11) is -3.75. The molecule has 0 unspecified atom stereocenters. The number of ether oxygens (including phenoxy) is 1. The van der Waals surface area contributed by atoms with Gasteiger partial charge in [0.05, 0.1) is 4.90 Å².